The molecule has 0 bridgehead atoms. The van der Waals surface area contributed by atoms with E-state index in [-0.39, 0.29) is 41.7 Å². The fourth-order valence-corrected chi connectivity index (χ4v) is 9.16. The number of hydrogen-bond acceptors (Lipinski definition) is 11. The predicted octanol–water partition coefficient (Wildman–Crippen LogP) is 5.20. The van der Waals surface area contributed by atoms with Gasteiger partial charge in [0.1, 0.15) is 23.8 Å². The number of amides is 3. The SMILES string of the molecule is COCCOc1ccc(C(=O)N2CCOC3(CCN(Cc4cccc(CCOCCC(=O)N(CCNCCc5ccc(O)c6c5OCC(=O)N6)C5CCCCC5)c4)CC3)C2)cc1. The summed E-state index contributed by atoms with van der Waals surface area (Å²) in [7, 11) is 1.64. The Morgan fingerprint density at radius 2 is 1.74 bits per heavy atom. The summed E-state index contributed by atoms with van der Waals surface area (Å²) in [6.07, 6.45) is 9.18. The van der Waals surface area contributed by atoms with Gasteiger partial charge in [-0.3, -0.25) is 19.3 Å². The summed E-state index contributed by atoms with van der Waals surface area (Å²) in [6.45, 7) is 8.27. The first-order valence-corrected chi connectivity index (χ1v) is 22.6. The Morgan fingerprint density at radius 3 is 2.55 bits per heavy atom. The fraction of sp³-hybridized carbons (Fsp3) is 0.562. The second-order valence-corrected chi connectivity index (χ2v) is 17.0. The lowest BCUT2D eigenvalue weighted by atomic mass is 9.89. The number of hydrogen-bond donors (Lipinski definition) is 3. The molecule has 14 nitrogen and oxygen atoms in total. The zero-order chi connectivity index (χ0) is 43.2. The van der Waals surface area contributed by atoms with Crippen LogP contribution in [0.2, 0.25) is 0 Å². The Bertz CT molecular complexity index is 1930. The van der Waals surface area contributed by atoms with E-state index in [4.69, 9.17) is 23.7 Å². The number of likely N-dealkylation sites (tertiary alicyclic amines) is 1. The van der Waals surface area contributed by atoms with E-state index < -0.39 is 0 Å². The molecule has 2 saturated heterocycles. The minimum absolute atomic E-state index is 0.00660. The zero-order valence-corrected chi connectivity index (χ0v) is 36.4. The van der Waals surface area contributed by atoms with Gasteiger partial charge in [-0.2, -0.15) is 0 Å². The van der Waals surface area contributed by atoms with Crippen LogP contribution in [0.4, 0.5) is 5.69 Å². The van der Waals surface area contributed by atoms with Gasteiger partial charge < -0.3 is 49.2 Å². The number of nitrogens with zero attached hydrogens (tertiary/aromatic N) is 3. The third kappa shape index (κ3) is 12.5. The average molecular weight is 856 g/mol. The van der Waals surface area contributed by atoms with Gasteiger partial charge in [0.05, 0.1) is 45.0 Å². The Kier molecular flexibility index (Phi) is 16.5. The molecular weight excluding hydrogens is 791 g/mol. The molecule has 0 unspecified atom stereocenters. The van der Waals surface area contributed by atoms with Gasteiger partial charge in [-0.05, 0) is 92.1 Å². The van der Waals surface area contributed by atoms with Crippen molar-refractivity contribution in [3.05, 3.63) is 82.9 Å². The van der Waals surface area contributed by atoms with E-state index in [2.05, 4.69) is 44.7 Å². The van der Waals surface area contributed by atoms with E-state index >= 15 is 0 Å². The molecule has 0 aromatic heterocycles. The molecule has 3 fully saturated rings. The molecule has 3 aromatic carbocycles. The first-order chi connectivity index (χ1) is 30.3. The van der Waals surface area contributed by atoms with Crippen molar-refractivity contribution in [3.8, 4) is 17.2 Å². The largest absolute Gasteiger partial charge is 0.506 e. The number of ether oxygens (including phenoxy) is 5. The molecule has 62 heavy (non-hydrogen) atoms. The number of carbonyl (C=O) groups is 3. The second-order valence-electron chi connectivity index (χ2n) is 17.0. The highest BCUT2D eigenvalue weighted by atomic mass is 16.5. The number of carbonyl (C=O) groups excluding carboxylic acids is 3. The van der Waals surface area contributed by atoms with Crippen LogP contribution in [0, 0.1) is 0 Å². The van der Waals surface area contributed by atoms with Gasteiger partial charge in [-0.15, -0.1) is 0 Å². The van der Waals surface area contributed by atoms with Crippen LogP contribution in [0.5, 0.6) is 17.2 Å². The highest BCUT2D eigenvalue weighted by Crippen LogP contribution is 2.39. The normalized spacial score (nSPS) is 17.9. The van der Waals surface area contributed by atoms with Gasteiger partial charge >= 0.3 is 0 Å². The lowest BCUT2D eigenvalue weighted by Crippen LogP contribution is -2.57. The minimum atomic E-state index is -0.312. The lowest BCUT2D eigenvalue weighted by molar-refractivity contribution is -0.135. The smallest absolute Gasteiger partial charge is 0.262 e. The Balaban J connectivity index is 0.804. The van der Waals surface area contributed by atoms with Crippen LogP contribution in [0.25, 0.3) is 0 Å². The van der Waals surface area contributed by atoms with Crippen molar-refractivity contribution in [1.29, 1.82) is 0 Å². The van der Waals surface area contributed by atoms with Crippen LogP contribution in [0.3, 0.4) is 0 Å². The maximum absolute atomic E-state index is 13.6. The number of benzene rings is 3. The molecular formula is C48H65N5O9. The van der Waals surface area contributed by atoms with E-state index in [9.17, 15) is 19.5 Å². The van der Waals surface area contributed by atoms with Crippen LogP contribution >= 0.6 is 0 Å². The van der Waals surface area contributed by atoms with E-state index in [1.54, 1.807) is 13.2 Å². The van der Waals surface area contributed by atoms with Crippen LogP contribution in [-0.4, -0.2) is 142 Å². The third-order valence-corrected chi connectivity index (χ3v) is 12.6. The standard InChI is InChI=1S/C48H65N5O9/c1-58-30-31-60-41-13-10-39(11-14-41)47(57)52-26-29-62-48(35-52)19-23-51(24-20-48)33-37-7-5-6-36(32-37)17-27-59-28-18-44(56)53(40-8-3-2-4-9-40)25-22-49-21-16-38-12-15-42(54)45-46(38)61-34-43(55)50-45/h5-7,10-15,32,40,49,54H,2-4,8-9,16-31,33-35H2,1H3,(H,50,55). The number of anilines is 1. The summed E-state index contributed by atoms with van der Waals surface area (Å²) in [5, 5.41) is 16.3. The molecule has 3 aliphatic heterocycles. The maximum atomic E-state index is 13.6. The summed E-state index contributed by atoms with van der Waals surface area (Å²) in [5.41, 5.74) is 4.08. The number of phenols is 1. The van der Waals surface area contributed by atoms with E-state index in [0.29, 0.717) is 95.6 Å². The molecule has 0 atom stereocenters. The van der Waals surface area contributed by atoms with Crippen molar-refractivity contribution >= 4 is 23.4 Å². The summed E-state index contributed by atoms with van der Waals surface area (Å²) >= 11 is 0. The second kappa shape index (κ2) is 22.6. The molecule has 1 aliphatic carbocycles. The highest BCUT2D eigenvalue weighted by Gasteiger charge is 2.41. The van der Waals surface area contributed by atoms with Crippen LogP contribution in [-0.2, 0) is 43.2 Å². The van der Waals surface area contributed by atoms with Gasteiger partial charge in [0.25, 0.3) is 11.8 Å². The number of phenolic OH excluding ortho intramolecular Hbond substituents is 1. The monoisotopic (exact) mass is 855 g/mol. The van der Waals surface area contributed by atoms with Gasteiger partial charge in [-0.25, -0.2) is 0 Å². The fourth-order valence-electron chi connectivity index (χ4n) is 9.16. The van der Waals surface area contributed by atoms with Crippen molar-refractivity contribution in [3.63, 3.8) is 0 Å². The molecule has 3 heterocycles. The predicted molar refractivity (Wildman–Crippen MR) is 236 cm³/mol. The van der Waals surface area contributed by atoms with Crippen LogP contribution in [0.15, 0.2) is 60.7 Å². The first kappa shape index (κ1) is 45.3. The van der Waals surface area contributed by atoms with Crippen LogP contribution in [0.1, 0.15) is 78.4 Å². The minimum Gasteiger partial charge on any atom is -0.506 e. The van der Waals surface area contributed by atoms with Crippen molar-refractivity contribution in [1.82, 2.24) is 20.0 Å². The number of morpholine rings is 1. The van der Waals surface area contributed by atoms with E-state index in [1.807, 2.05) is 35.2 Å². The van der Waals surface area contributed by atoms with Crippen molar-refractivity contribution in [2.45, 2.75) is 82.4 Å². The molecule has 0 radical (unpaired) electrons. The van der Waals surface area contributed by atoms with E-state index in [0.717, 1.165) is 75.9 Å². The Hall–Kier alpha value is -4.73. The summed E-state index contributed by atoms with van der Waals surface area (Å²) in [4.78, 5) is 45.3. The molecule has 1 spiro atoms. The van der Waals surface area contributed by atoms with Gasteiger partial charge in [0.2, 0.25) is 5.91 Å². The first-order valence-electron chi connectivity index (χ1n) is 22.6. The van der Waals surface area contributed by atoms with Gasteiger partial charge in [-0.1, -0.05) is 49.6 Å². The topological polar surface area (TPSA) is 151 Å². The van der Waals surface area contributed by atoms with Gasteiger partial charge in [0.15, 0.2) is 12.4 Å². The number of rotatable bonds is 20. The summed E-state index contributed by atoms with van der Waals surface area (Å²) in [6, 6.07) is 19.7. The summed E-state index contributed by atoms with van der Waals surface area (Å²) in [5.74, 6) is 1.14. The Labute approximate surface area is 366 Å². The molecule has 4 aliphatic rings. The molecule has 1 saturated carbocycles. The van der Waals surface area contributed by atoms with E-state index in [1.165, 1.54) is 17.5 Å². The molecule has 3 aromatic rings. The molecule has 14 heteroatoms. The third-order valence-electron chi connectivity index (χ3n) is 12.6. The molecule has 336 valence electrons. The quantitative estimate of drug-likeness (QED) is 0.102. The lowest BCUT2D eigenvalue weighted by Gasteiger charge is -2.47. The molecule has 3 N–H and O–H groups in total. The highest BCUT2D eigenvalue weighted by molar-refractivity contribution is 5.97. The number of methoxy groups -OCH3 is 1. The number of piperidine rings is 1. The van der Waals surface area contributed by atoms with Crippen LogP contribution < -0.4 is 20.1 Å². The zero-order valence-electron chi connectivity index (χ0n) is 36.4. The average Bonchev–Trinajstić information content (AvgIpc) is 3.29. The van der Waals surface area contributed by atoms with Crippen molar-refractivity contribution in [2.75, 3.05) is 97.9 Å². The number of nitrogens with one attached hydrogen (secondary N) is 2. The van der Waals surface area contributed by atoms with Crippen molar-refractivity contribution < 1.29 is 43.2 Å². The molecule has 3 amide bonds. The summed E-state index contributed by atoms with van der Waals surface area (Å²) < 4.78 is 28.8. The maximum Gasteiger partial charge on any atom is 0.262 e. The molecule has 7 rings (SSSR count). The number of aromatic hydroxyl groups is 1. The number of fused-ring (bicyclic) bond motifs is 1. The van der Waals surface area contributed by atoms with Gasteiger partial charge in [0, 0.05) is 58.0 Å². The Morgan fingerprint density at radius 1 is 0.935 bits per heavy atom. The van der Waals surface area contributed by atoms with Crippen molar-refractivity contribution in [2.24, 2.45) is 0 Å².